The third-order valence-electron chi connectivity index (χ3n) is 4.42. The fourth-order valence-electron chi connectivity index (χ4n) is 2.98. The summed E-state index contributed by atoms with van der Waals surface area (Å²) >= 11 is 0. The SMILES string of the molecule is COc1cccc(S(=O)(=O)N2CCc3cc(C=CC(=O)NO)ccc3C2)c1. The number of carbonyl (C=O) groups is 1. The van der Waals surface area contributed by atoms with Gasteiger partial charge in [0.05, 0.1) is 12.0 Å². The second kappa shape index (κ2) is 7.91. The lowest BCUT2D eigenvalue weighted by molar-refractivity contribution is -0.124. The first kappa shape index (κ1) is 19.1. The van der Waals surface area contributed by atoms with E-state index in [0.717, 1.165) is 16.7 Å². The summed E-state index contributed by atoms with van der Waals surface area (Å²) < 4.78 is 32.4. The number of fused-ring (bicyclic) bond motifs is 1. The molecule has 2 aromatic carbocycles. The zero-order chi connectivity index (χ0) is 19.4. The minimum absolute atomic E-state index is 0.208. The summed E-state index contributed by atoms with van der Waals surface area (Å²) in [5.41, 5.74) is 4.31. The molecule has 7 nitrogen and oxygen atoms in total. The van der Waals surface area contributed by atoms with Crippen molar-refractivity contribution in [2.24, 2.45) is 0 Å². The van der Waals surface area contributed by atoms with Crippen molar-refractivity contribution in [2.45, 2.75) is 17.9 Å². The average molecular weight is 388 g/mol. The number of hydroxylamine groups is 1. The number of rotatable bonds is 5. The maximum atomic E-state index is 12.9. The van der Waals surface area contributed by atoms with Crippen molar-refractivity contribution >= 4 is 22.0 Å². The van der Waals surface area contributed by atoms with E-state index >= 15 is 0 Å². The van der Waals surface area contributed by atoms with Gasteiger partial charge in [-0.15, -0.1) is 0 Å². The highest BCUT2D eigenvalue weighted by Gasteiger charge is 2.28. The Morgan fingerprint density at radius 3 is 2.78 bits per heavy atom. The number of nitrogens with zero attached hydrogens (tertiary/aromatic N) is 1. The van der Waals surface area contributed by atoms with E-state index in [1.54, 1.807) is 24.3 Å². The summed E-state index contributed by atoms with van der Waals surface area (Å²) in [4.78, 5) is 11.3. The van der Waals surface area contributed by atoms with E-state index < -0.39 is 15.9 Å². The molecule has 0 atom stereocenters. The van der Waals surface area contributed by atoms with Crippen molar-refractivity contribution in [1.82, 2.24) is 9.79 Å². The van der Waals surface area contributed by atoms with Gasteiger partial charge in [0.25, 0.3) is 5.91 Å². The topological polar surface area (TPSA) is 95.9 Å². The molecule has 1 heterocycles. The molecule has 0 aliphatic carbocycles. The number of ether oxygens (including phenoxy) is 1. The fourth-order valence-corrected chi connectivity index (χ4v) is 4.43. The van der Waals surface area contributed by atoms with Crippen LogP contribution in [0.15, 0.2) is 53.4 Å². The predicted octanol–water partition coefficient (Wildman–Crippen LogP) is 1.96. The summed E-state index contributed by atoms with van der Waals surface area (Å²) in [5, 5.41) is 8.52. The van der Waals surface area contributed by atoms with Gasteiger partial charge in [-0.1, -0.05) is 24.3 Å². The molecule has 142 valence electrons. The molecule has 0 radical (unpaired) electrons. The number of nitrogens with one attached hydrogen (secondary N) is 1. The molecule has 0 aromatic heterocycles. The van der Waals surface area contributed by atoms with Gasteiger partial charge in [-0.2, -0.15) is 4.31 Å². The Morgan fingerprint density at radius 2 is 2.04 bits per heavy atom. The van der Waals surface area contributed by atoms with Crippen LogP contribution in [-0.2, 0) is 27.8 Å². The lowest BCUT2D eigenvalue weighted by Crippen LogP contribution is -2.36. The molecule has 2 N–H and O–H groups in total. The zero-order valence-corrected chi connectivity index (χ0v) is 15.6. The van der Waals surface area contributed by atoms with Gasteiger partial charge in [0.15, 0.2) is 0 Å². The van der Waals surface area contributed by atoms with Gasteiger partial charge in [-0.05, 0) is 41.3 Å². The molecule has 8 heteroatoms. The van der Waals surface area contributed by atoms with Crippen LogP contribution >= 0.6 is 0 Å². The highest BCUT2D eigenvalue weighted by Crippen LogP contribution is 2.27. The van der Waals surface area contributed by atoms with Crippen LogP contribution in [0.1, 0.15) is 16.7 Å². The number of sulfonamides is 1. The summed E-state index contributed by atoms with van der Waals surface area (Å²) in [6.07, 6.45) is 3.39. The summed E-state index contributed by atoms with van der Waals surface area (Å²) in [6.45, 7) is 0.660. The Morgan fingerprint density at radius 1 is 1.22 bits per heavy atom. The predicted molar refractivity (Wildman–Crippen MR) is 99.7 cm³/mol. The lowest BCUT2D eigenvalue weighted by atomic mass is 9.98. The van der Waals surface area contributed by atoms with Gasteiger partial charge in [-0.3, -0.25) is 10.0 Å². The maximum absolute atomic E-state index is 12.9. The third kappa shape index (κ3) is 4.19. The quantitative estimate of drug-likeness (QED) is 0.464. The first-order valence-electron chi connectivity index (χ1n) is 8.32. The Hall–Kier alpha value is -2.68. The molecule has 0 saturated carbocycles. The van der Waals surface area contributed by atoms with Crippen molar-refractivity contribution < 1.29 is 23.2 Å². The summed E-state index contributed by atoms with van der Waals surface area (Å²) in [6, 6.07) is 12.0. The van der Waals surface area contributed by atoms with E-state index in [1.807, 2.05) is 18.2 Å². The number of benzene rings is 2. The van der Waals surface area contributed by atoms with Crippen LogP contribution in [0.2, 0.25) is 0 Å². The second-order valence-corrected chi connectivity index (χ2v) is 8.04. The Kier molecular flexibility index (Phi) is 5.59. The molecule has 0 unspecified atom stereocenters. The first-order valence-corrected chi connectivity index (χ1v) is 9.76. The molecule has 3 rings (SSSR count). The molecular weight excluding hydrogens is 368 g/mol. The minimum Gasteiger partial charge on any atom is -0.497 e. The van der Waals surface area contributed by atoms with E-state index in [2.05, 4.69) is 0 Å². The van der Waals surface area contributed by atoms with E-state index in [4.69, 9.17) is 9.94 Å². The highest BCUT2D eigenvalue weighted by molar-refractivity contribution is 7.89. The maximum Gasteiger partial charge on any atom is 0.267 e. The van der Waals surface area contributed by atoms with Crippen molar-refractivity contribution in [3.8, 4) is 5.75 Å². The fraction of sp³-hybridized carbons (Fsp3) is 0.211. The van der Waals surface area contributed by atoms with E-state index in [-0.39, 0.29) is 11.4 Å². The van der Waals surface area contributed by atoms with Crippen molar-refractivity contribution in [1.29, 1.82) is 0 Å². The van der Waals surface area contributed by atoms with Gasteiger partial charge in [0.2, 0.25) is 10.0 Å². The first-order chi connectivity index (χ1) is 12.9. The zero-order valence-electron chi connectivity index (χ0n) is 14.8. The van der Waals surface area contributed by atoms with Crippen LogP contribution in [-0.4, -0.2) is 37.5 Å². The van der Waals surface area contributed by atoms with Crippen LogP contribution in [0.5, 0.6) is 5.75 Å². The highest BCUT2D eigenvalue weighted by atomic mass is 32.2. The molecule has 1 aliphatic heterocycles. The van der Waals surface area contributed by atoms with E-state index in [1.165, 1.54) is 29.0 Å². The largest absolute Gasteiger partial charge is 0.497 e. The van der Waals surface area contributed by atoms with Crippen LogP contribution in [0.25, 0.3) is 6.08 Å². The van der Waals surface area contributed by atoms with Gasteiger partial charge >= 0.3 is 0 Å². The minimum atomic E-state index is -3.61. The number of methoxy groups -OCH3 is 1. The van der Waals surface area contributed by atoms with Crippen molar-refractivity contribution in [2.75, 3.05) is 13.7 Å². The number of carbonyl (C=O) groups excluding carboxylic acids is 1. The second-order valence-electron chi connectivity index (χ2n) is 6.11. The molecular formula is C19H20N2O5S. The molecule has 0 spiro atoms. The van der Waals surface area contributed by atoms with Gasteiger partial charge in [-0.25, -0.2) is 13.9 Å². The molecule has 1 aliphatic rings. The van der Waals surface area contributed by atoms with Crippen LogP contribution < -0.4 is 10.2 Å². The standard InChI is InChI=1S/C19H20N2O5S/c1-26-17-3-2-4-18(12-17)27(24,25)21-10-9-15-11-14(5-7-16(15)13-21)6-8-19(22)20-23/h2-8,11-12,23H,9-10,13H2,1H3,(H,20,22). The van der Waals surface area contributed by atoms with E-state index in [9.17, 15) is 13.2 Å². The van der Waals surface area contributed by atoms with Crippen molar-refractivity contribution in [3.63, 3.8) is 0 Å². The van der Waals surface area contributed by atoms with Gasteiger partial charge in [0.1, 0.15) is 5.75 Å². The van der Waals surface area contributed by atoms with E-state index in [0.29, 0.717) is 18.7 Å². The summed E-state index contributed by atoms with van der Waals surface area (Å²) in [5.74, 6) is -0.111. The van der Waals surface area contributed by atoms with Crippen LogP contribution in [0.4, 0.5) is 0 Å². The Labute approximate surface area is 157 Å². The Bertz CT molecular complexity index is 985. The molecule has 1 amide bonds. The normalized spacial score (nSPS) is 14.7. The molecule has 27 heavy (non-hydrogen) atoms. The van der Waals surface area contributed by atoms with Crippen LogP contribution in [0.3, 0.4) is 0 Å². The van der Waals surface area contributed by atoms with Gasteiger partial charge < -0.3 is 4.74 Å². The smallest absolute Gasteiger partial charge is 0.267 e. The van der Waals surface area contributed by atoms with Crippen LogP contribution in [0, 0.1) is 0 Å². The molecule has 0 bridgehead atoms. The number of hydrogen-bond acceptors (Lipinski definition) is 5. The molecule has 0 fully saturated rings. The van der Waals surface area contributed by atoms with Gasteiger partial charge in [0, 0.05) is 25.2 Å². The monoisotopic (exact) mass is 388 g/mol. The Balaban J connectivity index is 1.81. The van der Waals surface area contributed by atoms with Crippen molar-refractivity contribution in [3.05, 3.63) is 65.2 Å². The molecule has 2 aromatic rings. The third-order valence-corrected chi connectivity index (χ3v) is 6.27. The number of amides is 1. The number of hydrogen-bond donors (Lipinski definition) is 2. The lowest BCUT2D eigenvalue weighted by Gasteiger charge is -2.28. The average Bonchev–Trinajstić information content (AvgIpc) is 2.71. The molecule has 0 saturated heterocycles. The summed E-state index contributed by atoms with van der Waals surface area (Å²) in [7, 11) is -2.11.